The van der Waals surface area contributed by atoms with Gasteiger partial charge in [0, 0.05) is 12.5 Å². The lowest BCUT2D eigenvalue weighted by Crippen LogP contribution is -2.42. The van der Waals surface area contributed by atoms with E-state index < -0.39 is 17.9 Å². The summed E-state index contributed by atoms with van der Waals surface area (Å²) in [5.74, 6) is 1.21. The van der Waals surface area contributed by atoms with Gasteiger partial charge in [0.05, 0.1) is 6.42 Å². The molecule has 2 bridgehead atoms. The SMILES string of the molecule is O=C(O)CCC(=O)NC(=O)NC1C2C3CCC(C3)C12. The van der Waals surface area contributed by atoms with E-state index in [1.807, 2.05) is 0 Å². The van der Waals surface area contributed by atoms with Crippen LogP contribution >= 0.6 is 0 Å². The highest BCUT2D eigenvalue weighted by molar-refractivity contribution is 5.95. The van der Waals surface area contributed by atoms with Gasteiger partial charge < -0.3 is 10.4 Å². The first-order valence-electron chi connectivity index (χ1n) is 6.88. The lowest BCUT2D eigenvalue weighted by molar-refractivity contribution is -0.138. The molecule has 3 N–H and O–H groups in total. The minimum Gasteiger partial charge on any atom is -0.481 e. The van der Waals surface area contributed by atoms with Crippen LogP contribution in [0.3, 0.4) is 0 Å². The molecule has 6 nitrogen and oxygen atoms in total. The third kappa shape index (κ3) is 2.31. The molecular formula is C13H18N2O4. The van der Waals surface area contributed by atoms with E-state index in [4.69, 9.17) is 5.11 Å². The highest BCUT2D eigenvalue weighted by Gasteiger charge is 2.65. The van der Waals surface area contributed by atoms with E-state index in [9.17, 15) is 14.4 Å². The molecule has 4 unspecified atom stereocenters. The number of amides is 3. The normalized spacial score (nSPS) is 37.6. The maximum Gasteiger partial charge on any atom is 0.321 e. The van der Waals surface area contributed by atoms with Crippen molar-refractivity contribution in [3.63, 3.8) is 0 Å². The number of hydrogen-bond donors (Lipinski definition) is 3. The molecule has 0 aliphatic heterocycles. The van der Waals surface area contributed by atoms with Crippen molar-refractivity contribution in [3.05, 3.63) is 0 Å². The van der Waals surface area contributed by atoms with E-state index in [2.05, 4.69) is 10.6 Å². The summed E-state index contributed by atoms with van der Waals surface area (Å²) in [6.45, 7) is 0. The van der Waals surface area contributed by atoms with E-state index >= 15 is 0 Å². The molecule has 3 fully saturated rings. The van der Waals surface area contributed by atoms with Gasteiger partial charge in [0.25, 0.3) is 0 Å². The standard InChI is InChI=1S/C13H18N2O4/c16-8(3-4-9(17)18)14-13(19)15-12-10-6-1-2-7(5-6)11(10)12/h6-7,10-12H,1-5H2,(H,17,18)(H2,14,15,16,19). The van der Waals surface area contributed by atoms with E-state index in [1.165, 1.54) is 19.3 Å². The van der Waals surface area contributed by atoms with Crippen molar-refractivity contribution in [2.24, 2.45) is 23.7 Å². The van der Waals surface area contributed by atoms with Crippen molar-refractivity contribution in [2.45, 2.75) is 38.1 Å². The van der Waals surface area contributed by atoms with Crippen LogP contribution in [0.5, 0.6) is 0 Å². The summed E-state index contributed by atoms with van der Waals surface area (Å²) < 4.78 is 0. The van der Waals surface area contributed by atoms with Gasteiger partial charge in [-0.3, -0.25) is 14.9 Å². The number of fused-ring (bicyclic) bond motifs is 5. The maximum absolute atomic E-state index is 11.6. The molecule has 0 saturated heterocycles. The molecule has 6 heteroatoms. The van der Waals surface area contributed by atoms with E-state index in [-0.39, 0.29) is 18.9 Å². The van der Waals surface area contributed by atoms with Crippen LogP contribution in [-0.2, 0) is 9.59 Å². The van der Waals surface area contributed by atoms with Gasteiger partial charge in [0.1, 0.15) is 0 Å². The first-order valence-corrected chi connectivity index (χ1v) is 6.88. The van der Waals surface area contributed by atoms with Gasteiger partial charge in [-0.25, -0.2) is 4.79 Å². The van der Waals surface area contributed by atoms with Crippen LogP contribution in [0, 0.1) is 23.7 Å². The van der Waals surface area contributed by atoms with Crippen LogP contribution in [0.15, 0.2) is 0 Å². The molecule has 0 aromatic rings. The average molecular weight is 266 g/mol. The topological polar surface area (TPSA) is 95.5 Å². The fraction of sp³-hybridized carbons (Fsp3) is 0.769. The predicted molar refractivity (Wildman–Crippen MR) is 65.1 cm³/mol. The molecule has 0 aromatic heterocycles. The largest absolute Gasteiger partial charge is 0.481 e. The Morgan fingerprint density at radius 2 is 1.68 bits per heavy atom. The number of nitrogens with one attached hydrogen (secondary N) is 2. The van der Waals surface area contributed by atoms with Crippen molar-refractivity contribution in [3.8, 4) is 0 Å². The minimum atomic E-state index is -1.04. The van der Waals surface area contributed by atoms with Gasteiger partial charge in [-0.2, -0.15) is 0 Å². The number of rotatable bonds is 4. The Labute approximate surface area is 110 Å². The van der Waals surface area contributed by atoms with Crippen molar-refractivity contribution < 1.29 is 19.5 Å². The molecule has 3 aliphatic carbocycles. The van der Waals surface area contributed by atoms with E-state index in [0.29, 0.717) is 11.8 Å². The summed E-state index contributed by atoms with van der Waals surface area (Å²) in [7, 11) is 0. The molecule has 4 atom stereocenters. The number of carboxylic acid groups (broad SMARTS) is 1. The second-order valence-corrected chi connectivity index (χ2v) is 5.93. The first-order chi connectivity index (χ1) is 9.06. The Bertz CT molecular complexity index is 420. The zero-order valence-electron chi connectivity index (χ0n) is 10.6. The number of urea groups is 1. The first kappa shape index (κ1) is 12.4. The molecule has 3 saturated carbocycles. The minimum absolute atomic E-state index is 0.161. The summed E-state index contributed by atoms with van der Waals surface area (Å²) in [5.41, 5.74) is 0. The molecule has 19 heavy (non-hydrogen) atoms. The molecule has 0 aromatic carbocycles. The van der Waals surface area contributed by atoms with Crippen LogP contribution in [0.25, 0.3) is 0 Å². The van der Waals surface area contributed by atoms with Gasteiger partial charge >= 0.3 is 12.0 Å². The predicted octanol–water partition coefficient (Wildman–Crippen LogP) is 0.722. The molecular weight excluding hydrogens is 248 g/mol. The van der Waals surface area contributed by atoms with E-state index in [0.717, 1.165) is 11.8 Å². The smallest absolute Gasteiger partial charge is 0.321 e. The van der Waals surface area contributed by atoms with Gasteiger partial charge in [0.2, 0.25) is 5.91 Å². The number of carboxylic acids is 1. The fourth-order valence-corrected chi connectivity index (χ4v) is 4.12. The van der Waals surface area contributed by atoms with Gasteiger partial charge in [0.15, 0.2) is 0 Å². The molecule has 3 amide bonds. The zero-order valence-corrected chi connectivity index (χ0v) is 10.6. The highest BCUT2D eigenvalue weighted by atomic mass is 16.4. The third-order valence-corrected chi connectivity index (χ3v) is 4.85. The van der Waals surface area contributed by atoms with Crippen LogP contribution in [0.2, 0.25) is 0 Å². The fourth-order valence-electron chi connectivity index (χ4n) is 4.12. The van der Waals surface area contributed by atoms with Crippen LogP contribution in [0.4, 0.5) is 4.79 Å². The van der Waals surface area contributed by atoms with Crippen LogP contribution < -0.4 is 10.6 Å². The van der Waals surface area contributed by atoms with Crippen molar-refractivity contribution in [2.75, 3.05) is 0 Å². The molecule has 3 aliphatic rings. The molecule has 3 rings (SSSR count). The number of aliphatic carboxylic acids is 1. The molecule has 0 heterocycles. The van der Waals surface area contributed by atoms with Crippen LogP contribution in [-0.4, -0.2) is 29.1 Å². The summed E-state index contributed by atoms with van der Waals surface area (Å²) in [6.07, 6.45) is 3.46. The highest BCUT2D eigenvalue weighted by Crippen LogP contribution is 2.65. The number of carbonyl (C=O) groups is 3. The quantitative estimate of drug-likeness (QED) is 0.698. The third-order valence-electron chi connectivity index (χ3n) is 4.85. The van der Waals surface area contributed by atoms with E-state index in [1.54, 1.807) is 0 Å². The van der Waals surface area contributed by atoms with Crippen LogP contribution in [0.1, 0.15) is 32.1 Å². The Balaban J connectivity index is 1.41. The lowest BCUT2D eigenvalue weighted by Gasteiger charge is -2.10. The second kappa shape index (κ2) is 4.51. The Kier molecular flexibility index (Phi) is 2.95. The van der Waals surface area contributed by atoms with Gasteiger partial charge in [-0.15, -0.1) is 0 Å². The summed E-state index contributed by atoms with van der Waals surface area (Å²) in [6, 6.07) is -0.243. The molecule has 104 valence electrons. The number of carbonyl (C=O) groups excluding carboxylic acids is 2. The summed E-state index contributed by atoms with van der Waals surface area (Å²) >= 11 is 0. The Morgan fingerprint density at radius 3 is 2.26 bits per heavy atom. The molecule has 0 radical (unpaired) electrons. The summed E-state index contributed by atoms with van der Waals surface area (Å²) in [4.78, 5) is 33.2. The second-order valence-electron chi connectivity index (χ2n) is 5.93. The Hall–Kier alpha value is -1.59. The zero-order chi connectivity index (χ0) is 13.6. The maximum atomic E-state index is 11.6. The number of imide groups is 1. The van der Waals surface area contributed by atoms with Gasteiger partial charge in [-0.1, -0.05) is 0 Å². The molecule has 0 spiro atoms. The summed E-state index contributed by atoms with van der Waals surface area (Å²) in [5, 5.41) is 13.5. The van der Waals surface area contributed by atoms with Crippen molar-refractivity contribution in [1.29, 1.82) is 0 Å². The van der Waals surface area contributed by atoms with Crippen molar-refractivity contribution >= 4 is 17.9 Å². The monoisotopic (exact) mass is 266 g/mol. The van der Waals surface area contributed by atoms with Crippen molar-refractivity contribution in [1.82, 2.24) is 10.6 Å². The number of hydrogen-bond acceptors (Lipinski definition) is 3. The average Bonchev–Trinajstić information content (AvgIpc) is 2.74. The van der Waals surface area contributed by atoms with Gasteiger partial charge in [-0.05, 0) is 42.9 Å². The Morgan fingerprint density at radius 1 is 1.05 bits per heavy atom. The lowest BCUT2D eigenvalue weighted by atomic mass is 10.0.